The molecule has 0 bridgehead atoms. The van der Waals surface area contributed by atoms with Crippen LogP contribution in [0.3, 0.4) is 0 Å². The van der Waals surface area contributed by atoms with E-state index in [4.69, 9.17) is 4.98 Å². The molecule has 134 valence electrons. The minimum atomic E-state index is 0.136. The molecular formula is C21H23N3OS. The van der Waals surface area contributed by atoms with E-state index in [1.54, 1.807) is 11.3 Å². The third-order valence-corrected chi connectivity index (χ3v) is 5.92. The Hall–Kier alpha value is -2.40. The number of nitrogens with zero attached hydrogens (tertiary/aromatic N) is 3. The molecule has 1 fully saturated rings. The van der Waals surface area contributed by atoms with E-state index >= 15 is 0 Å². The minimum absolute atomic E-state index is 0.136. The molecule has 2 aromatic carbocycles. The average molecular weight is 366 g/mol. The van der Waals surface area contributed by atoms with Crippen LogP contribution in [0.1, 0.15) is 27.0 Å². The fourth-order valence-corrected chi connectivity index (χ4v) is 4.65. The lowest BCUT2D eigenvalue weighted by molar-refractivity contribution is 0.0746. The molecule has 1 saturated heterocycles. The van der Waals surface area contributed by atoms with E-state index in [9.17, 15) is 4.79 Å². The van der Waals surface area contributed by atoms with Crippen LogP contribution < -0.4 is 4.90 Å². The van der Waals surface area contributed by atoms with E-state index in [2.05, 4.69) is 36.1 Å². The van der Waals surface area contributed by atoms with Crippen LogP contribution in [0.25, 0.3) is 10.2 Å². The molecule has 2 heterocycles. The number of carbonyl (C=O) groups excluding carboxylic acids is 1. The molecular weight excluding hydrogens is 342 g/mol. The molecule has 1 amide bonds. The molecule has 0 radical (unpaired) electrons. The van der Waals surface area contributed by atoms with Crippen molar-refractivity contribution in [1.82, 2.24) is 9.88 Å². The Morgan fingerprint density at radius 1 is 0.923 bits per heavy atom. The lowest BCUT2D eigenvalue weighted by Gasteiger charge is -2.34. The lowest BCUT2D eigenvalue weighted by atomic mass is 10.1. The summed E-state index contributed by atoms with van der Waals surface area (Å²) in [6, 6.07) is 12.5. The Bertz CT molecular complexity index is 950. The molecule has 4 rings (SSSR count). The van der Waals surface area contributed by atoms with Crippen molar-refractivity contribution in [3.63, 3.8) is 0 Å². The number of rotatable bonds is 2. The highest BCUT2D eigenvalue weighted by atomic mass is 32.1. The van der Waals surface area contributed by atoms with E-state index in [0.717, 1.165) is 53.5 Å². The average Bonchev–Trinajstić information content (AvgIpc) is 3.03. The molecule has 0 atom stereocenters. The molecule has 0 aliphatic carbocycles. The Labute approximate surface area is 158 Å². The molecule has 0 spiro atoms. The molecule has 0 N–H and O–H groups in total. The maximum Gasteiger partial charge on any atom is 0.253 e. The van der Waals surface area contributed by atoms with Gasteiger partial charge in [0.05, 0.1) is 10.2 Å². The number of benzene rings is 2. The molecule has 0 saturated carbocycles. The van der Waals surface area contributed by atoms with E-state index < -0.39 is 0 Å². The first-order valence-corrected chi connectivity index (χ1v) is 9.81. The first-order valence-electron chi connectivity index (χ1n) is 8.99. The predicted octanol–water partition coefficient (Wildman–Crippen LogP) is 4.18. The highest BCUT2D eigenvalue weighted by molar-refractivity contribution is 7.22. The van der Waals surface area contributed by atoms with Crippen molar-refractivity contribution in [2.45, 2.75) is 20.8 Å². The number of hydrogen-bond donors (Lipinski definition) is 0. The van der Waals surface area contributed by atoms with Crippen LogP contribution in [0.5, 0.6) is 0 Å². The van der Waals surface area contributed by atoms with Crippen molar-refractivity contribution in [3.8, 4) is 0 Å². The van der Waals surface area contributed by atoms with Gasteiger partial charge < -0.3 is 9.80 Å². The van der Waals surface area contributed by atoms with Crippen LogP contribution in [0, 0.1) is 20.8 Å². The second-order valence-electron chi connectivity index (χ2n) is 7.12. The van der Waals surface area contributed by atoms with Crippen molar-refractivity contribution in [3.05, 3.63) is 58.7 Å². The van der Waals surface area contributed by atoms with Crippen LogP contribution in [-0.4, -0.2) is 42.0 Å². The third-order valence-electron chi connectivity index (χ3n) is 4.84. The highest BCUT2D eigenvalue weighted by Gasteiger charge is 2.24. The molecule has 1 aliphatic heterocycles. The number of aryl methyl sites for hydroxylation is 3. The Morgan fingerprint density at radius 2 is 1.62 bits per heavy atom. The molecule has 5 heteroatoms. The second-order valence-corrected chi connectivity index (χ2v) is 8.13. The van der Waals surface area contributed by atoms with Crippen LogP contribution in [0.15, 0.2) is 36.4 Å². The summed E-state index contributed by atoms with van der Waals surface area (Å²) in [4.78, 5) is 21.8. The number of carbonyl (C=O) groups is 1. The maximum atomic E-state index is 12.8. The normalized spacial score (nSPS) is 14.9. The lowest BCUT2D eigenvalue weighted by Crippen LogP contribution is -2.48. The minimum Gasteiger partial charge on any atom is -0.345 e. The number of aromatic nitrogens is 1. The third kappa shape index (κ3) is 3.31. The first kappa shape index (κ1) is 17.0. The number of hydrogen-bond acceptors (Lipinski definition) is 4. The van der Waals surface area contributed by atoms with Crippen molar-refractivity contribution in [1.29, 1.82) is 0 Å². The summed E-state index contributed by atoms with van der Waals surface area (Å²) in [6.45, 7) is 9.32. The fraction of sp³-hybridized carbons (Fsp3) is 0.333. The second kappa shape index (κ2) is 6.72. The molecule has 0 unspecified atom stereocenters. The monoisotopic (exact) mass is 365 g/mol. The summed E-state index contributed by atoms with van der Waals surface area (Å²) in [5.41, 5.74) is 5.39. The van der Waals surface area contributed by atoms with Gasteiger partial charge in [0.2, 0.25) is 0 Å². The van der Waals surface area contributed by atoms with E-state index in [1.165, 1.54) is 10.3 Å². The Kier molecular flexibility index (Phi) is 4.41. The number of thiazole rings is 1. The van der Waals surface area contributed by atoms with Crippen molar-refractivity contribution >= 4 is 32.6 Å². The number of fused-ring (bicyclic) bond motifs is 1. The zero-order valence-electron chi connectivity index (χ0n) is 15.5. The fourth-order valence-electron chi connectivity index (χ4n) is 3.54. The summed E-state index contributed by atoms with van der Waals surface area (Å²) in [7, 11) is 0. The quantitative estimate of drug-likeness (QED) is 0.683. The van der Waals surface area contributed by atoms with Gasteiger partial charge in [0.25, 0.3) is 5.91 Å². The summed E-state index contributed by atoms with van der Waals surface area (Å²) in [5, 5.41) is 1.06. The van der Waals surface area contributed by atoms with Gasteiger partial charge in [-0.25, -0.2) is 4.98 Å². The van der Waals surface area contributed by atoms with E-state index in [1.807, 2.05) is 30.9 Å². The first-order chi connectivity index (χ1) is 12.5. The van der Waals surface area contributed by atoms with Gasteiger partial charge in [0.1, 0.15) is 0 Å². The van der Waals surface area contributed by atoms with Crippen LogP contribution in [0.4, 0.5) is 5.13 Å². The van der Waals surface area contributed by atoms with Gasteiger partial charge in [0, 0.05) is 31.7 Å². The van der Waals surface area contributed by atoms with Crippen LogP contribution >= 0.6 is 11.3 Å². The van der Waals surface area contributed by atoms with Gasteiger partial charge in [-0.05, 0) is 50.6 Å². The van der Waals surface area contributed by atoms with Crippen molar-refractivity contribution < 1.29 is 4.79 Å². The van der Waals surface area contributed by atoms with Gasteiger partial charge in [-0.3, -0.25) is 4.79 Å². The summed E-state index contributed by atoms with van der Waals surface area (Å²) >= 11 is 1.74. The SMILES string of the molecule is Cc1cc(C)cc(C(=O)N2CCN(c3nc4ccc(C)cc4s3)CC2)c1. The summed E-state index contributed by atoms with van der Waals surface area (Å²) in [5.74, 6) is 0.136. The van der Waals surface area contributed by atoms with Crippen molar-refractivity contribution in [2.24, 2.45) is 0 Å². The maximum absolute atomic E-state index is 12.8. The smallest absolute Gasteiger partial charge is 0.253 e. The zero-order chi connectivity index (χ0) is 18.3. The molecule has 1 aliphatic rings. The highest BCUT2D eigenvalue weighted by Crippen LogP contribution is 2.30. The number of anilines is 1. The summed E-state index contributed by atoms with van der Waals surface area (Å²) in [6.07, 6.45) is 0. The molecule has 4 nitrogen and oxygen atoms in total. The predicted molar refractivity (Wildman–Crippen MR) is 108 cm³/mol. The van der Waals surface area contributed by atoms with Crippen molar-refractivity contribution in [2.75, 3.05) is 31.1 Å². The van der Waals surface area contributed by atoms with Crippen LogP contribution in [-0.2, 0) is 0 Å². The molecule has 1 aromatic heterocycles. The van der Waals surface area contributed by atoms with E-state index in [0.29, 0.717) is 0 Å². The van der Waals surface area contributed by atoms with E-state index in [-0.39, 0.29) is 5.91 Å². The Morgan fingerprint density at radius 3 is 2.31 bits per heavy atom. The van der Waals surface area contributed by atoms with Crippen LogP contribution in [0.2, 0.25) is 0 Å². The molecule has 3 aromatic rings. The summed E-state index contributed by atoms with van der Waals surface area (Å²) < 4.78 is 1.23. The largest absolute Gasteiger partial charge is 0.345 e. The number of amides is 1. The standard InChI is InChI=1S/C21H23N3OS/c1-14-4-5-18-19(13-14)26-21(22-18)24-8-6-23(7-9-24)20(25)17-11-15(2)10-16(3)12-17/h4-5,10-13H,6-9H2,1-3H3. The number of piperazine rings is 1. The topological polar surface area (TPSA) is 36.4 Å². The zero-order valence-corrected chi connectivity index (χ0v) is 16.3. The van der Waals surface area contributed by atoms with Gasteiger partial charge in [-0.1, -0.05) is 34.6 Å². The Balaban J connectivity index is 1.47. The van der Waals surface area contributed by atoms with Gasteiger partial charge in [-0.2, -0.15) is 0 Å². The van der Waals surface area contributed by atoms with Gasteiger partial charge in [0.15, 0.2) is 5.13 Å². The molecule has 26 heavy (non-hydrogen) atoms. The van der Waals surface area contributed by atoms with Gasteiger partial charge in [-0.15, -0.1) is 0 Å². The van der Waals surface area contributed by atoms with Gasteiger partial charge >= 0.3 is 0 Å².